The van der Waals surface area contributed by atoms with Gasteiger partial charge in [-0.25, -0.2) is 0 Å². The first kappa shape index (κ1) is 13.5. The first-order valence-corrected chi connectivity index (χ1v) is 6.42. The maximum atomic E-state index is 12.3. The van der Waals surface area contributed by atoms with Crippen molar-refractivity contribution >= 4 is 5.91 Å². The Morgan fingerprint density at radius 3 is 1.81 bits per heavy atom. The molecular formula is C14H27NO. The molecule has 1 amide bonds. The first-order chi connectivity index (χ1) is 7.09. The Bertz CT molecular complexity index is 269. The van der Waals surface area contributed by atoms with Crippen molar-refractivity contribution in [2.24, 2.45) is 11.3 Å². The summed E-state index contributed by atoms with van der Waals surface area (Å²) in [7, 11) is 0. The lowest BCUT2D eigenvalue weighted by molar-refractivity contribution is -0.145. The molecule has 1 saturated carbocycles. The third-order valence-electron chi connectivity index (χ3n) is 4.08. The number of hydrogen-bond acceptors (Lipinski definition) is 1. The van der Waals surface area contributed by atoms with Crippen LogP contribution in [0.2, 0.25) is 0 Å². The zero-order chi connectivity index (χ0) is 12.7. The molecule has 0 N–H and O–H groups in total. The highest BCUT2D eigenvalue weighted by Gasteiger charge is 2.47. The third kappa shape index (κ3) is 2.41. The average molecular weight is 225 g/mol. The maximum absolute atomic E-state index is 12.3. The van der Waals surface area contributed by atoms with E-state index in [1.807, 2.05) is 13.8 Å². The van der Waals surface area contributed by atoms with Crippen molar-refractivity contribution in [1.29, 1.82) is 0 Å². The predicted octanol–water partition coefficient (Wildman–Crippen LogP) is 3.46. The molecule has 0 spiro atoms. The molecule has 2 nitrogen and oxygen atoms in total. The Labute approximate surface area is 100 Å². The van der Waals surface area contributed by atoms with Gasteiger partial charge in [-0.05, 0) is 32.1 Å². The number of rotatable bonds is 3. The topological polar surface area (TPSA) is 20.3 Å². The zero-order valence-corrected chi connectivity index (χ0v) is 11.9. The Balaban J connectivity index is 2.98. The van der Waals surface area contributed by atoms with Crippen molar-refractivity contribution in [3.63, 3.8) is 0 Å². The van der Waals surface area contributed by atoms with E-state index in [4.69, 9.17) is 0 Å². The van der Waals surface area contributed by atoms with Gasteiger partial charge in [0.05, 0.1) is 0 Å². The summed E-state index contributed by atoms with van der Waals surface area (Å²) in [6.45, 7) is 15.0. The Kier molecular flexibility index (Phi) is 3.42. The summed E-state index contributed by atoms with van der Waals surface area (Å²) in [5, 5.41) is 0. The van der Waals surface area contributed by atoms with Crippen molar-refractivity contribution < 1.29 is 4.79 Å². The molecule has 2 heteroatoms. The second-order valence-electron chi connectivity index (χ2n) is 6.90. The normalized spacial score (nSPS) is 17.8. The van der Waals surface area contributed by atoms with Crippen LogP contribution < -0.4 is 0 Å². The number of carbonyl (C=O) groups excluding carboxylic acids is 1. The minimum Gasteiger partial charge on any atom is -0.334 e. The van der Waals surface area contributed by atoms with Gasteiger partial charge in [-0.15, -0.1) is 0 Å². The van der Waals surface area contributed by atoms with Crippen LogP contribution in [-0.2, 0) is 4.79 Å². The average Bonchev–Trinajstić information content (AvgIpc) is 2.85. The van der Waals surface area contributed by atoms with E-state index in [2.05, 4.69) is 39.5 Å². The van der Waals surface area contributed by atoms with Gasteiger partial charge >= 0.3 is 0 Å². The van der Waals surface area contributed by atoms with Gasteiger partial charge in [-0.1, -0.05) is 34.6 Å². The molecule has 0 aromatic rings. The fraction of sp³-hybridized carbons (Fsp3) is 0.929. The molecule has 0 aromatic carbocycles. The number of hydrogen-bond donors (Lipinski definition) is 0. The van der Waals surface area contributed by atoms with Gasteiger partial charge in [0.1, 0.15) is 0 Å². The lowest BCUT2D eigenvalue weighted by Gasteiger charge is -2.48. The zero-order valence-electron chi connectivity index (χ0n) is 11.9. The van der Waals surface area contributed by atoms with Gasteiger partial charge in [0.2, 0.25) is 5.91 Å². The quantitative estimate of drug-likeness (QED) is 0.720. The summed E-state index contributed by atoms with van der Waals surface area (Å²) in [4.78, 5) is 14.5. The summed E-state index contributed by atoms with van der Waals surface area (Å²) in [5.74, 6) is 0.407. The number of amides is 1. The van der Waals surface area contributed by atoms with Crippen LogP contribution in [0.1, 0.15) is 61.3 Å². The minimum absolute atomic E-state index is 0.0739. The molecule has 0 aromatic heterocycles. The smallest absolute Gasteiger partial charge is 0.225 e. The molecule has 0 bridgehead atoms. The van der Waals surface area contributed by atoms with Crippen LogP contribution in [-0.4, -0.2) is 22.4 Å². The highest BCUT2D eigenvalue weighted by Crippen LogP contribution is 2.42. The second-order valence-corrected chi connectivity index (χ2v) is 6.90. The molecule has 16 heavy (non-hydrogen) atoms. The van der Waals surface area contributed by atoms with Gasteiger partial charge in [0.25, 0.3) is 0 Å². The first-order valence-electron chi connectivity index (χ1n) is 6.42. The summed E-state index contributed by atoms with van der Waals surface area (Å²) in [6.07, 6.45) is 2.36. The molecule has 0 heterocycles. The molecule has 0 radical (unpaired) electrons. The molecule has 1 rings (SSSR count). The number of nitrogens with zero attached hydrogens (tertiary/aromatic N) is 1. The van der Waals surface area contributed by atoms with E-state index < -0.39 is 0 Å². The Morgan fingerprint density at radius 1 is 1.12 bits per heavy atom. The van der Waals surface area contributed by atoms with Crippen molar-refractivity contribution in [3.05, 3.63) is 0 Å². The highest BCUT2D eigenvalue weighted by molar-refractivity contribution is 5.79. The molecule has 94 valence electrons. The van der Waals surface area contributed by atoms with Gasteiger partial charge < -0.3 is 4.90 Å². The van der Waals surface area contributed by atoms with Crippen molar-refractivity contribution in [1.82, 2.24) is 4.90 Å². The molecular weight excluding hydrogens is 198 g/mol. The van der Waals surface area contributed by atoms with Crippen LogP contribution >= 0.6 is 0 Å². The summed E-state index contributed by atoms with van der Waals surface area (Å²) in [5.41, 5.74) is 0.0374. The van der Waals surface area contributed by atoms with Gasteiger partial charge in [0.15, 0.2) is 0 Å². The fourth-order valence-electron chi connectivity index (χ4n) is 1.88. The van der Waals surface area contributed by atoms with E-state index in [0.29, 0.717) is 11.9 Å². The second kappa shape index (κ2) is 4.05. The van der Waals surface area contributed by atoms with Crippen molar-refractivity contribution in [2.45, 2.75) is 72.9 Å². The SMILES string of the molecule is CC(C)C(=O)N(C1CC1)C(C)(C)C(C)(C)C. The molecule has 1 fully saturated rings. The summed E-state index contributed by atoms with van der Waals surface area (Å²) >= 11 is 0. The Morgan fingerprint density at radius 2 is 1.56 bits per heavy atom. The van der Waals surface area contributed by atoms with E-state index in [1.54, 1.807) is 0 Å². The van der Waals surface area contributed by atoms with Crippen LogP contribution in [0, 0.1) is 11.3 Å². The van der Waals surface area contributed by atoms with Crippen molar-refractivity contribution in [3.8, 4) is 0 Å². The van der Waals surface area contributed by atoms with Crippen LogP contribution in [0.5, 0.6) is 0 Å². The van der Waals surface area contributed by atoms with Crippen LogP contribution in [0.3, 0.4) is 0 Å². The van der Waals surface area contributed by atoms with E-state index in [0.717, 1.165) is 0 Å². The van der Waals surface area contributed by atoms with Gasteiger partial charge in [0, 0.05) is 17.5 Å². The minimum atomic E-state index is -0.0739. The Hall–Kier alpha value is -0.530. The summed E-state index contributed by atoms with van der Waals surface area (Å²) in [6, 6.07) is 0.490. The fourth-order valence-corrected chi connectivity index (χ4v) is 1.88. The monoisotopic (exact) mass is 225 g/mol. The summed E-state index contributed by atoms with van der Waals surface area (Å²) < 4.78 is 0. The largest absolute Gasteiger partial charge is 0.334 e. The van der Waals surface area contributed by atoms with E-state index in [-0.39, 0.29) is 16.9 Å². The van der Waals surface area contributed by atoms with Gasteiger partial charge in [-0.3, -0.25) is 4.79 Å². The lowest BCUT2D eigenvalue weighted by Crippen LogP contribution is -2.57. The standard InChI is InChI=1S/C14H27NO/c1-10(2)12(16)15(11-8-9-11)14(6,7)13(3,4)5/h10-11H,8-9H2,1-7H3. The van der Waals surface area contributed by atoms with E-state index in [1.165, 1.54) is 12.8 Å². The van der Waals surface area contributed by atoms with E-state index in [9.17, 15) is 4.79 Å². The van der Waals surface area contributed by atoms with E-state index >= 15 is 0 Å². The van der Waals surface area contributed by atoms with Crippen LogP contribution in [0.4, 0.5) is 0 Å². The highest BCUT2D eigenvalue weighted by atomic mass is 16.2. The molecule has 1 aliphatic rings. The lowest BCUT2D eigenvalue weighted by atomic mass is 9.74. The number of carbonyl (C=O) groups is 1. The van der Waals surface area contributed by atoms with Crippen molar-refractivity contribution in [2.75, 3.05) is 0 Å². The molecule has 0 atom stereocenters. The molecule has 0 saturated heterocycles. The van der Waals surface area contributed by atoms with Gasteiger partial charge in [-0.2, -0.15) is 0 Å². The van der Waals surface area contributed by atoms with Crippen LogP contribution in [0.25, 0.3) is 0 Å². The molecule has 0 unspecified atom stereocenters. The molecule has 1 aliphatic carbocycles. The predicted molar refractivity (Wildman–Crippen MR) is 68.2 cm³/mol. The van der Waals surface area contributed by atoms with Crippen LogP contribution in [0.15, 0.2) is 0 Å². The maximum Gasteiger partial charge on any atom is 0.225 e. The molecule has 0 aliphatic heterocycles. The third-order valence-corrected chi connectivity index (χ3v) is 4.08.